The quantitative estimate of drug-likeness (QED) is 0.577. The maximum absolute atomic E-state index is 13.3. The number of rotatable bonds is 8. The van der Waals surface area contributed by atoms with Crippen LogP contribution >= 0.6 is 11.8 Å². The Labute approximate surface area is 178 Å². The SMILES string of the molecule is CCNC(=O)c1ccc(-n2nnc(C(=O)NCc3cccc(F)c3)c2CSC)cc1. The van der Waals surface area contributed by atoms with Crippen molar-refractivity contribution in [2.75, 3.05) is 12.8 Å². The van der Waals surface area contributed by atoms with Crippen LogP contribution in [0.4, 0.5) is 4.39 Å². The number of hydrogen-bond acceptors (Lipinski definition) is 5. The average Bonchev–Trinajstić information content (AvgIpc) is 3.16. The van der Waals surface area contributed by atoms with Crippen LogP contribution < -0.4 is 10.6 Å². The molecule has 0 aliphatic heterocycles. The number of benzene rings is 2. The van der Waals surface area contributed by atoms with E-state index in [0.29, 0.717) is 34.8 Å². The molecule has 0 saturated carbocycles. The van der Waals surface area contributed by atoms with Gasteiger partial charge in [0, 0.05) is 24.4 Å². The van der Waals surface area contributed by atoms with Crippen molar-refractivity contribution in [1.29, 1.82) is 0 Å². The summed E-state index contributed by atoms with van der Waals surface area (Å²) in [7, 11) is 0. The van der Waals surface area contributed by atoms with Crippen LogP contribution in [0.5, 0.6) is 0 Å². The van der Waals surface area contributed by atoms with E-state index in [1.807, 2.05) is 13.2 Å². The summed E-state index contributed by atoms with van der Waals surface area (Å²) >= 11 is 1.54. The highest BCUT2D eigenvalue weighted by Crippen LogP contribution is 2.18. The molecule has 9 heteroatoms. The Morgan fingerprint density at radius 1 is 1.10 bits per heavy atom. The fourth-order valence-corrected chi connectivity index (χ4v) is 3.41. The number of aromatic nitrogens is 3. The number of amides is 2. The summed E-state index contributed by atoms with van der Waals surface area (Å²) in [5.74, 6) is -0.363. The smallest absolute Gasteiger partial charge is 0.274 e. The molecule has 0 atom stereocenters. The van der Waals surface area contributed by atoms with Crippen LogP contribution in [0.1, 0.15) is 39.0 Å². The van der Waals surface area contributed by atoms with Crippen LogP contribution in [0.15, 0.2) is 48.5 Å². The molecular formula is C21H22FN5O2S. The minimum Gasteiger partial charge on any atom is -0.352 e. The highest BCUT2D eigenvalue weighted by atomic mass is 32.2. The van der Waals surface area contributed by atoms with E-state index in [0.717, 1.165) is 0 Å². The predicted octanol–water partition coefficient (Wildman–Crippen LogP) is 2.95. The highest BCUT2D eigenvalue weighted by Gasteiger charge is 2.20. The first-order valence-corrected chi connectivity index (χ1v) is 10.8. The van der Waals surface area contributed by atoms with E-state index >= 15 is 0 Å². The van der Waals surface area contributed by atoms with Gasteiger partial charge in [0.15, 0.2) is 5.69 Å². The highest BCUT2D eigenvalue weighted by molar-refractivity contribution is 7.97. The number of carbonyl (C=O) groups excluding carboxylic acids is 2. The fourth-order valence-electron chi connectivity index (χ4n) is 2.88. The van der Waals surface area contributed by atoms with Gasteiger partial charge in [-0.15, -0.1) is 5.10 Å². The topological polar surface area (TPSA) is 88.9 Å². The minimum atomic E-state index is -0.381. The first kappa shape index (κ1) is 21.5. The summed E-state index contributed by atoms with van der Waals surface area (Å²) < 4.78 is 14.9. The van der Waals surface area contributed by atoms with E-state index in [9.17, 15) is 14.0 Å². The van der Waals surface area contributed by atoms with Gasteiger partial charge >= 0.3 is 0 Å². The standard InChI is InChI=1S/C21H22FN5O2S/c1-3-23-20(28)15-7-9-17(10-8-15)27-18(13-30-2)19(25-26-27)21(29)24-12-14-5-4-6-16(22)11-14/h4-11H,3,12-13H2,1-2H3,(H,23,28)(H,24,29). The molecule has 1 heterocycles. The van der Waals surface area contributed by atoms with Gasteiger partial charge in [-0.25, -0.2) is 9.07 Å². The van der Waals surface area contributed by atoms with Crippen molar-refractivity contribution >= 4 is 23.6 Å². The first-order chi connectivity index (χ1) is 14.5. The van der Waals surface area contributed by atoms with E-state index in [4.69, 9.17) is 0 Å². The normalized spacial score (nSPS) is 10.6. The maximum atomic E-state index is 13.3. The van der Waals surface area contributed by atoms with Crippen molar-refractivity contribution in [2.45, 2.75) is 19.2 Å². The van der Waals surface area contributed by atoms with E-state index in [-0.39, 0.29) is 29.9 Å². The number of halogens is 1. The van der Waals surface area contributed by atoms with Crippen LogP contribution in [-0.2, 0) is 12.3 Å². The van der Waals surface area contributed by atoms with Crippen LogP contribution in [0.2, 0.25) is 0 Å². The predicted molar refractivity (Wildman–Crippen MR) is 114 cm³/mol. The molecule has 0 radical (unpaired) electrons. The molecule has 156 valence electrons. The van der Waals surface area contributed by atoms with Crippen molar-refractivity contribution < 1.29 is 14.0 Å². The lowest BCUT2D eigenvalue weighted by Gasteiger charge is -2.09. The van der Waals surface area contributed by atoms with Crippen LogP contribution in [0.3, 0.4) is 0 Å². The monoisotopic (exact) mass is 427 g/mol. The second-order valence-corrected chi connectivity index (χ2v) is 7.31. The van der Waals surface area contributed by atoms with Gasteiger partial charge in [-0.1, -0.05) is 17.3 Å². The van der Waals surface area contributed by atoms with Crippen molar-refractivity contribution in [3.8, 4) is 5.69 Å². The number of nitrogens with one attached hydrogen (secondary N) is 2. The number of hydrogen-bond donors (Lipinski definition) is 2. The van der Waals surface area contributed by atoms with Gasteiger partial charge in [-0.05, 0) is 55.1 Å². The number of nitrogens with zero attached hydrogens (tertiary/aromatic N) is 3. The first-order valence-electron chi connectivity index (χ1n) is 9.38. The van der Waals surface area contributed by atoms with Gasteiger partial charge < -0.3 is 10.6 Å². The van der Waals surface area contributed by atoms with Crippen molar-refractivity contribution in [2.24, 2.45) is 0 Å². The largest absolute Gasteiger partial charge is 0.352 e. The third-order valence-electron chi connectivity index (χ3n) is 4.31. The molecule has 0 spiro atoms. The second-order valence-electron chi connectivity index (χ2n) is 6.45. The van der Waals surface area contributed by atoms with Gasteiger partial charge in [0.1, 0.15) is 5.82 Å². The molecule has 2 aromatic carbocycles. The summed E-state index contributed by atoms with van der Waals surface area (Å²) in [4.78, 5) is 24.6. The summed E-state index contributed by atoms with van der Waals surface area (Å²) in [6, 6.07) is 13.0. The molecule has 3 rings (SSSR count). The van der Waals surface area contributed by atoms with E-state index in [1.165, 1.54) is 23.9 Å². The van der Waals surface area contributed by atoms with Gasteiger partial charge in [0.25, 0.3) is 11.8 Å². The Hall–Kier alpha value is -3.20. The molecule has 0 unspecified atom stereocenters. The fraction of sp³-hybridized carbons (Fsp3) is 0.238. The molecule has 0 aliphatic rings. The van der Waals surface area contributed by atoms with E-state index < -0.39 is 0 Å². The summed E-state index contributed by atoms with van der Waals surface area (Å²) in [5.41, 5.74) is 2.76. The van der Waals surface area contributed by atoms with Crippen molar-refractivity contribution in [3.63, 3.8) is 0 Å². The molecule has 2 amide bonds. The molecule has 2 N–H and O–H groups in total. The minimum absolute atomic E-state index is 0.149. The van der Waals surface area contributed by atoms with Crippen LogP contribution in [-0.4, -0.2) is 39.6 Å². The Morgan fingerprint density at radius 3 is 2.53 bits per heavy atom. The molecule has 0 fully saturated rings. The Bertz CT molecular complexity index is 1040. The molecular weight excluding hydrogens is 405 g/mol. The summed E-state index contributed by atoms with van der Waals surface area (Å²) in [6.45, 7) is 2.59. The Morgan fingerprint density at radius 2 is 1.87 bits per heavy atom. The molecule has 0 bridgehead atoms. The summed E-state index contributed by atoms with van der Waals surface area (Å²) in [6.07, 6.45) is 1.92. The lowest BCUT2D eigenvalue weighted by atomic mass is 10.2. The molecule has 7 nitrogen and oxygen atoms in total. The molecule has 0 saturated heterocycles. The molecule has 3 aromatic rings. The summed E-state index contributed by atoms with van der Waals surface area (Å²) in [5, 5.41) is 13.7. The maximum Gasteiger partial charge on any atom is 0.274 e. The van der Waals surface area contributed by atoms with Gasteiger partial charge in [0.2, 0.25) is 0 Å². The zero-order valence-electron chi connectivity index (χ0n) is 16.7. The third kappa shape index (κ3) is 5.04. The van der Waals surface area contributed by atoms with Gasteiger partial charge in [-0.3, -0.25) is 9.59 Å². The third-order valence-corrected chi connectivity index (χ3v) is 4.87. The average molecular weight is 428 g/mol. The zero-order valence-corrected chi connectivity index (χ0v) is 17.5. The van der Waals surface area contributed by atoms with Gasteiger partial charge in [-0.2, -0.15) is 11.8 Å². The van der Waals surface area contributed by atoms with Crippen molar-refractivity contribution in [1.82, 2.24) is 25.6 Å². The van der Waals surface area contributed by atoms with E-state index in [1.54, 1.807) is 41.1 Å². The molecule has 0 aliphatic carbocycles. The lowest BCUT2D eigenvalue weighted by Crippen LogP contribution is -2.24. The number of carbonyl (C=O) groups is 2. The Balaban J connectivity index is 1.80. The van der Waals surface area contributed by atoms with E-state index in [2.05, 4.69) is 20.9 Å². The lowest BCUT2D eigenvalue weighted by molar-refractivity contribution is 0.0940. The number of thioether (sulfide) groups is 1. The van der Waals surface area contributed by atoms with Crippen LogP contribution in [0.25, 0.3) is 5.69 Å². The van der Waals surface area contributed by atoms with Gasteiger partial charge in [0.05, 0.1) is 11.4 Å². The second kappa shape index (κ2) is 10.0. The van der Waals surface area contributed by atoms with Crippen molar-refractivity contribution in [3.05, 3.63) is 76.9 Å². The zero-order chi connectivity index (χ0) is 21.5. The molecule has 1 aromatic heterocycles. The van der Waals surface area contributed by atoms with Crippen LogP contribution in [0, 0.1) is 5.82 Å². The molecule has 30 heavy (non-hydrogen) atoms. The Kier molecular flexibility index (Phi) is 7.18.